The van der Waals surface area contributed by atoms with Crippen molar-refractivity contribution in [1.29, 1.82) is 0 Å². The fourth-order valence-electron chi connectivity index (χ4n) is 2.91. The molecule has 0 aliphatic carbocycles. The molecular weight excluding hydrogens is 388 g/mol. The molecule has 6 nitrogen and oxygen atoms in total. The third kappa shape index (κ3) is 4.94. The minimum Gasteiger partial charge on any atom is -0.504 e. The largest absolute Gasteiger partial charge is 0.504 e. The van der Waals surface area contributed by atoms with Crippen LogP contribution in [0.1, 0.15) is 16.7 Å². The Labute approximate surface area is 170 Å². The van der Waals surface area contributed by atoms with Crippen molar-refractivity contribution in [2.45, 2.75) is 18.7 Å². The van der Waals surface area contributed by atoms with Crippen LogP contribution in [0.25, 0.3) is 0 Å². The van der Waals surface area contributed by atoms with E-state index in [1.807, 2.05) is 19.9 Å². The summed E-state index contributed by atoms with van der Waals surface area (Å²) >= 11 is 0. The van der Waals surface area contributed by atoms with E-state index in [9.17, 15) is 13.5 Å². The SMILES string of the molecule is COc1cccc(C=Nc2ccc(S(=O)(=O)Nc3cc(C)cc(C)c3)cc2)c1O. The van der Waals surface area contributed by atoms with Gasteiger partial charge in [-0.3, -0.25) is 9.71 Å². The lowest BCUT2D eigenvalue weighted by Gasteiger charge is -2.10. The maximum absolute atomic E-state index is 12.6. The fraction of sp³-hybridized carbons (Fsp3) is 0.136. The van der Waals surface area contributed by atoms with Crippen molar-refractivity contribution in [3.05, 3.63) is 77.4 Å². The summed E-state index contributed by atoms with van der Waals surface area (Å²) in [4.78, 5) is 4.43. The second-order valence-corrected chi connectivity index (χ2v) is 8.31. The van der Waals surface area contributed by atoms with Gasteiger partial charge in [0.2, 0.25) is 0 Å². The Morgan fingerprint density at radius 3 is 2.28 bits per heavy atom. The number of rotatable bonds is 6. The first kappa shape index (κ1) is 20.4. The number of anilines is 1. The molecule has 0 aliphatic rings. The van der Waals surface area contributed by atoms with Crippen molar-refractivity contribution in [2.75, 3.05) is 11.8 Å². The molecule has 0 atom stereocenters. The molecule has 150 valence electrons. The van der Waals surface area contributed by atoms with Gasteiger partial charge < -0.3 is 9.84 Å². The Morgan fingerprint density at radius 2 is 1.66 bits per heavy atom. The van der Waals surface area contributed by atoms with E-state index < -0.39 is 10.0 Å². The quantitative estimate of drug-likeness (QED) is 0.583. The first-order valence-electron chi connectivity index (χ1n) is 8.90. The lowest BCUT2D eigenvalue weighted by Crippen LogP contribution is -2.13. The van der Waals surface area contributed by atoms with Gasteiger partial charge in [-0.1, -0.05) is 12.1 Å². The number of ether oxygens (including phenoxy) is 1. The molecule has 0 fully saturated rings. The summed E-state index contributed by atoms with van der Waals surface area (Å²) in [5.74, 6) is 0.350. The molecule has 3 rings (SSSR count). The molecule has 0 saturated carbocycles. The molecule has 0 aromatic heterocycles. The molecule has 0 heterocycles. The number of nitrogens with one attached hydrogen (secondary N) is 1. The van der Waals surface area contributed by atoms with Crippen LogP contribution < -0.4 is 9.46 Å². The molecule has 0 spiro atoms. The Balaban J connectivity index is 1.79. The number of methoxy groups -OCH3 is 1. The van der Waals surface area contributed by atoms with Gasteiger partial charge in [-0.25, -0.2) is 8.42 Å². The summed E-state index contributed by atoms with van der Waals surface area (Å²) in [7, 11) is -2.23. The average molecular weight is 410 g/mol. The summed E-state index contributed by atoms with van der Waals surface area (Å²) < 4.78 is 32.9. The lowest BCUT2D eigenvalue weighted by molar-refractivity contribution is 0.373. The predicted molar refractivity (Wildman–Crippen MR) is 115 cm³/mol. The van der Waals surface area contributed by atoms with E-state index in [0.29, 0.717) is 22.7 Å². The number of para-hydroxylation sites is 1. The van der Waals surface area contributed by atoms with Crippen LogP contribution in [0.2, 0.25) is 0 Å². The zero-order valence-electron chi connectivity index (χ0n) is 16.4. The van der Waals surface area contributed by atoms with Gasteiger partial charge in [0.25, 0.3) is 10.0 Å². The Bertz CT molecular complexity index is 1130. The molecule has 0 unspecified atom stereocenters. The van der Waals surface area contributed by atoms with Gasteiger partial charge in [0, 0.05) is 17.5 Å². The maximum atomic E-state index is 12.6. The second-order valence-electron chi connectivity index (χ2n) is 6.63. The van der Waals surface area contributed by atoms with Crippen LogP contribution >= 0.6 is 0 Å². The molecule has 0 saturated heterocycles. The third-order valence-corrected chi connectivity index (χ3v) is 5.62. The number of phenols is 1. The molecule has 0 amide bonds. The Morgan fingerprint density at radius 1 is 1.00 bits per heavy atom. The van der Waals surface area contributed by atoms with Crippen LogP contribution in [0, 0.1) is 13.8 Å². The fourth-order valence-corrected chi connectivity index (χ4v) is 3.95. The number of aromatic hydroxyl groups is 1. The van der Waals surface area contributed by atoms with E-state index >= 15 is 0 Å². The van der Waals surface area contributed by atoms with Gasteiger partial charge in [-0.15, -0.1) is 0 Å². The van der Waals surface area contributed by atoms with Crippen LogP contribution in [0.3, 0.4) is 0 Å². The van der Waals surface area contributed by atoms with Crippen LogP contribution in [-0.2, 0) is 10.0 Å². The Hall–Kier alpha value is -3.32. The van der Waals surface area contributed by atoms with Crippen molar-refractivity contribution in [2.24, 2.45) is 4.99 Å². The van der Waals surface area contributed by atoms with Gasteiger partial charge in [0.1, 0.15) is 0 Å². The molecule has 7 heteroatoms. The average Bonchev–Trinajstić information content (AvgIpc) is 2.66. The zero-order chi connectivity index (χ0) is 21.0. The first-order chi connectivity index (χ1) is 13.8. The second kappa shape index (κ2) is 8.36. The summed E-state index contributed by atoms with van der Waals surface area (Å²) in [6.07, 6.45) is 1.50. The van der Waals surface area contributed by atoms with E-state index in [4.69, 9.17) is 4.74 Å². The van der Waals surface area contributed by atoms with Gasteiger partial charge in [-0.05, 0) is 73.5 Å². The highest BCUT2D eigenvalue weighted by molar-refractivity contribution is 7.92. The molecule has 3 aromatic rings. The minimum atomic E-state index is -3.70. The molecule has 0 radical (unpaired) electrons. The van der Waals surface area contributed by atoms with Crippen molar-refractivity contribution < 1.29 is 18.3 Å². The summed E-state index contributed by atoms with van der Waals surface area (Å²) in [6.45, 7) is 3.83. The van der Waals surface area contributed by atoms with Gasteiger partial charge in [0.05, 0.1) is 17.7 Å². The van der Waals surface area contributed by atoms with Crippen LogP contribution in [0.5, 0.6) is 11.5 Å². The molecule has 29 heavy (non-hydrogen) atoms. The first-order valence-corrected chi connectivity index (χ1v) is 10.4. The number of hydrogen-bond donors (Lipinski definition) is 2. The predicted octanol–water partition coefficient (Wildman–Crippen LogP) is 4.57. The maximum Gasteiger partial charge on any atom is 0.261 e. The van der Waals surface area contributed by atoms with E-state index in [1.165, 1.54) is 25.5 Å². The Kier molecular flexibility index (Phi) is 5.89. The smallest absolute Gasteiger partial charge is 0.261 e. The number of aliphatic imine (C=N–C) groups is 1. The monoisotopic (exact) mass is 410 g/mol. The minimum absolute atomic E-state index is 0.00408. The topological polar surface area (TPSA) is 88.0 Å². The van der Waals surface area contributed by atoms with E-state index in [-0.39, 0.29) is 10.6 Å². The molecule has 0 bridgehead atoms. The highest BCUT2D eigenvalue weighted by atomic mass is 32.2. The number of aryl methyl sites for hydroxylation is 2. The summed E-state index contributed by atoms with van der Waals surface area (Å²) in [6, 6.07) is 16.8. The zero-order valence-corrected chi connectivity index (χ0v) is 17.2. The van der Waals surface area contributed by atoms with E-state index in [1.54, 1.807) is 42.5 Å². The van der Waals surface area contributed by atoms with Gasteiger partial charge >= 0.3 is 0 Å². The van der Waals surface area contributed by atoms with Crippen LogP contribution in [0.15, 0.2) is 70.6 Å². The molecule has 3 aromatic carbocycles. The highest BCUT2D eigenvalue weighted by Gasteiger charge is 2.14. The summed E-state index contributed by atoms with van der Waals surface area (Å²) in [5.41, 5.74) is 3.54. The highest BCUT2D eigenvalue weighted by Crippen LogP contribution is 2.28. The lowest BCUT2D eigenvalue weighted by atomic mass is 10.1. The van der Waals surface area contributed by atoms with Crippen LogP contribution in [-0.4, -0.2) is 26.8 Å². The van der Waals surface area contributed by atoms with Crippen molar-refractivity contribution in [3.63, 3.8) is 0 Å². The number of hydrogen-bond acceptors (Lipinski definition) is 5. The van der Waals surface area contributed by atoms with E-state index in [0.717, 1.165) is 11.1 Å². The third-order valence-electron chi connectivity index (χ3n) is 4.22. The molecule has 0 aliphatic heterocycles. The number of benzene rings is 3. The standard InChI is InChI=1S/C22H22N2O4S/c1-15-11-16(2)13-19(12-15)24-29(26,27)20-9-7-18(8-10-20)23-14-17-5-4-6-21(28-3)22(17)25/h4-14,24-25H,1-3H3. The van der Waals surface area contributed by atoms with Crippen molar-refractivity contribution in [1.82, 2.24) is 0 Å². The molecule has 2 N–H and O–H groups in total. The number of nitrogens with zero attached hydrogens (tertiary/aromatic N) is 1. The van der Waals surface area contributed by atoms with Gasteiger partial charge in [0.15, 0.2) is 11.5 Å². The van der Waals surface area contributed by atoms with Crippen molar-refractivity contribution >= 4 is 27.6 Å². The normalized spacial score (nSPS) is 11.6. The van der Waals surface area contributed by atoms with Gasteiger partial charge in [-0.2, -0.15) is 0 Å². The molecular formula is C22H22N2O4S. The number of sulfonamides is 1. The van der Waals surface area contributed by atoms with Crippen LogP contribution in [0.4, 0.5) is 11.4 Å². The summed E-state index contributed by atoms with van der Waals surface area (Å²) in [5, 5.41) is 10.1. The van der Waals surface area contributed by atoms with Crippen molar-refractivity contribution in [3.8, 4) is 11.5 Å². The number of phenolic OH excluding ortho intramolecular Hbond substituents is 1. The van der Waals surface area contributed by atoms with E-state index in [2.05, 4.69) is 9.71 Å².